The van der Waals surface area contributed by atoms with Crippen molar-refractivity contribution in [3.8, 4) is 0 Å². The van der Waals surface area contributed by atoms with Crippen molar-refractivity contribution in [3.63, 3.8) is 0 Å². The van der Waals surface area contributed by atoms with Gasteiger partial charge in [-0.15, -0.1) is 0 Å². The number of benzene rings is 2. The van der Waals surface area contributed by atoms with Crippen LogP contribution in [0.4, 0.5) is 5.69 Å². The molecule has 0 aromatic heterocycles. The van der Waals surface area contributed by atoms with E-state index in [-0.39, 0.29) is 23.5 Å². The van der Waals surface area contributed by atoms with E-state index in [0.29, 0.717) is 11.3 Å². The summed E-state index contributed by atoms with van der Waals surface area (Å²) in [6, 6.07) is 11.3. The molecular formula is C19H19N3O5. The van der Waals surface area contributed by atoms with Crippen molar-refractivity contribution in [1.82, 2.24) is 5.32 Å². The van der Waals surface area contributed by atoms with E-state index < -0.39 is 23.8 Å². The number of carbonyl (C=O) groups is 4. The minimum atomic E-state index is -1.06. The average molecular weight is 369 g/mol. The normalized spacial score (nSPS) is 11.3. The highest BCUT2D eigenvalue weighted by Crippen LogP contribution is 2.15. The summed E-state index contributed by atoms with van der Waals surface area (Å²) in [7, 11) is 0. The zero-order chi connectivity index (χ0) is 20.0. The number of hydrogen-bond acceptors (Lipinski definition) is 4. The van der Waals surface area contributed by atoms with Crippen LogP contribution >= 0.6 is 0 Å². The molecule has 8 nitrogen and oxygen atoms in total. The second-order valence-corrected chi connectivity index (χ2v) is 5.86. The van der Waals surface area contributed by atoms with Crippen LogP contribution in [0.5, 0.6) is 0 Å². The number of aromatic carboxylic acids is 1. The maximum Gasteiger partial charge on any atom is 0.335 e. The number of nitrogens with one attached hydrogen (secondary N) is 2. The number of hydrogen-bond donors (Lipinski definition) is 4. The number of primary amides is 1. The number of carboxylic acids is 1. The molecule has 0 radical (unpaired) electrons. The van der Waals surface area contributed by atoms with Gasteiger partial charge in [0, 0.05) is 13.3 Å². The molecule has 1 atom stereocenters. The molecule has 0 bridgehead atoms. The molecule has 8 heteroatoms. The largest absolute Gasteiger partial charge is 0.478 e. The highest BCUT2D eigenvalue weighted by molar-refractivity contribution is 6.04. The van der Waals surface area contributed by atoms with E-state index in [0.717, 1.165) is 0 Å². The second-order valence-electron chi connectivity index (χ2n) is 5.86. The highest BCUT2D eigenvalue weighted by Gasteiger charge is 2.21. The van der Waals surface area contributed by atoms with Crippen LogP contribution in [0.3, 0.4) is 0 Å². The molecule has 0 unspecified atom stereocenters. The first-order valence-electron chi connectivity index (χ1n) is 8.07. The summed E-state index contributed by atoms with van der Waals surface area (Å²) < 4.78 is 0. The number of para-hydroxylation sites is 1. The third-order valence-electron chi connectivity index (χ3n) is 3.77. The maximum atomic E-state index is 12.5. The fourth-order valence-corrected chi connectivity index (χ4v) is 2.46. The van der Waals surface area contributed by atoms with Gasteiger partial charge in [-0.1, -0.05) is 24.3 Å². The zero-order valence-electron chi connectivity index (χ0n) is 14.6. The minimum Gasteiger partial charge on any atom is -0.478 e. The Morgan fingerprint density at radius 3 is 2.22 bits per heavy atom. The molecule has 2 aromatic carbocycles. The number of nitrogens with two attached hydrogens (primary N) is 1. The highest BCUT2D eigenvalue weighted by atomic mass is 16.4. The van der Waals surface area contributed by atoms with Gasteiger partial charge in [-0.3, -0.25) is 14.4 Å². The predicted octanol–water partition coefficient (Wildman–Crippen LogP) is 1.17. The van der Waals surface area contributed by atoms with Crippen molar-refractivity contribution in [2.24, 2.45) is 5.73 Å². The van der Waals surface area contributed by atoms with E-state index in [1.54, 1.807) is 30.3 Å². The van der Waals surface area contributed by atoms with Gasteiger partial charge in [0.05, 0.1) is 16.8 Å². The molecule has 0 heterocycles. The van der Waals surface area contributed by atoms with Gasteiger partial charge < -0.3 is 21.5 Å². The molecule has 0 saturated heterocycles. The lowest BCUT2D eigenvalue weighted by atomic mass is 10.0. The minimum absolute atomic E-state index is 0.100. The molecule has 0 fully saturated rings. The Morgan fingerprint density at radius 2 is 1.67 bits per heavy atom. The maximum absolute atomic E-state index is 12.5. The number of anilines is 1. The first-order chi connectivity index (χ1) is 12.8. The predicted molar refractivity (Wildman–Crippen MR) is 98.3 cm³/mol. The smallest absolute Gasteiger partial charge is 0.335 e. The monoisotopic (exact) mass is 369 g/mol. The molecular weight excluding hydrogens is 350 g/mol. The van der Waals surface area contributed by atoms with Gasteiger partial charge in [-0.2, -0.15) is 0 Å². The quantitative estimate of drug-likeness (QED) is 0.580. The second kappa shape index (κ2) is 8.61. The molecule has 27 heavy (non-hydrogen) atoms. The number of rotatable bonds is 7. The third-order valence-corrected chi connectivity index (χ3v) is 3.77. The lowest BCUT2D eigenvalue weighted by Crippen LogP contribution is -2.46. The van der Waals surface area contributed by atoms with E-state index >= 15 is 0 Å². The first-order valence-corrected chi connectivity index (χ1v) is 8.07. The van der Waals surface area contributed by atoms with Crippen LogP contribution in [0, 0.1) is 0 Å². The van der Waals surface area contributed by atoms with Gasteiger partial charge in [-0.05, 0) is 29.8 Å². The van der Waals surface area contributed by atoms with E-state index in [1.807, 2.05) is 0 Å². The molecule has 2 rings (SSSR count). The molecule has 2 aromatic rings. The van der Waals surface area contributed by atoms with Crippen molar-refractivity contribution < 1.29 is 24.3 Å². The third kappa shape index (κ3) is 5.40. The number of carbonyl (C=O) groups excluding carboxylic acids is 3. The van der Waals surface area contributed by atoms with Gasteiger partial charge in [0.25, 0.3) is 5.91 Å². The van der Waals surface area contributed by atoms with Gasteiger partial charge in [-0.25, -0.2) is 4.79 Å². The lowest BCUT2D eigenvalue weighted by molar-refractivity contribution is -0.119. The average Bonchev–Trinajstić information content (AvgIpc) is 2.61. The number of carboxylic acid groups (broad SMARTS) is 1. The van der Waals surface area contributed by atoms with Crippen molar-refractivity contribution in [3.05, 3.63) is 65.2 Å². The molecule has 0 aliphatic carbocycles. The van der Waals surface area contributed by atoms with Gasteiger partial charge in [0.2, 0.25) is 11.8 Å². The number of amides is 3. The molecule has 5 N–H and O–H groups in total. The van der Waals surface area contributed by atoms with E-state index in [9.17, 15) is 19.2 Å². The molecule has 140 valence electrons. The van der Waals surface area contributed by atoms with E-state index in [1.165, 1.54) is 25.1 Å². The van der Waals surface area contributed by atoms with Gasteiger partial charge in [0.15, 0.2) is 0 Å². The summed E-state index contributed by atoms with van der Waals surface area (Å²) in [6.07, 6.45) is 0.100. The van der Waals surface area contributed by atoms with Crippen LogP contribution in [0.1, 0.15) is 33.2 Å². The summed E-state index contributed by atoms with van der Waals surface area (Å²) >= 11 is 0. The topological polar surface area (TPSA) is 139 Å². The van der Waals surface area contributed by atoms with Crippen molar-refractivity contribution in [1.29, 1.82) is 0 Å². The first kappa shape index (κ1) is 19.6. The van der Waals surface area contributed by atoms with Crippen LogP contribution in [0.25, 0.3) is 0 Å². The van der Waals surface area contributed by atoms with Crippen LogP contribution in [0.2, 0.25) is 0 Å². The molecule has 0 saturated carbocycles. The Kier molecular flexibility index (Phi) is 6.27. The Balaban J connectivity index is 2.16. The molecule has 3 amide bonds. The molecule has 0 aliphatic heterocycles. The van der Waals surface area contributed by atoms with Crippen LogP contribution < -0.4 is 16.4 Å². The molecule has 0 spiro atoms. The fourth-order valence-electron chi connectivity index (χ4n) is 2.46. The lowest BCUT2D eigenvalue weighted by Gasteiger charge is -2.17. The SMILES string of the molecule is CC(=O)Nc1ccccc1C(=O)N[C@@H](Cc1ccc(C(=O)O)cc1)C(N)=O. The summed E-state index contributed by atoms with van der Waals surface area (Å²) in [5.41, 5.74) is 6.65. The molecule has 0 aliphatic rings. The Morgan fingerprint density at radius 1 is 1.04 bits per heavy atom. The van der Waals surface area contributed by atoms with Crippen LogP contribution in [0.15, 0.2) is 48.5 Å². The Hall–Kier alpha value is -3.68. The van der Waals surface area contributed by atoms with Gasteiger partial charge >= 0.3 is 5.97 Å². The zero-order valence-corrected chi connectivity index (χ0v) is 14.6. The Bertz CT molecular complexity index is 877. The van der Waals surface area contributed by atoms with Crippen LogP contribution in [-0.4, -0.2) is 34.8 Å². The van der Waals surface area contributed by atoms with E-state index in [2.05, 4.69) is 10.6 Å². The standard InChI is InChI=1S/C19H19N3O5/c1-11(23)21-15-5-3-2-4-14(15)18(25)22-16(17(20)24)10-12-6-8-13(9-7-12)19(26)27/h2-9,16H,10H2,1H3,(H2,20,24)(H,21,23)(H,22,25)(H,26,27)/t16-/m0/s1. The summed E-state index contributed by atoms with van der Waals surface area (Å²) in [4.78, 5) is 46.5. The summed E-state index contributed by atoms with van der Waals surface area (Å²) in [5, 5.41) is 14.0. The Labute approximate surface area is 155 Å². The summed E-state index contributed by atoms with van der Waals surface area (Å²) in [6.45, 7) is 1.32. The fraction of sp³-hybridized carbons (Fsp3) is 0.158. The summed E-state index contributed by atoms with van der Waals surface area (Å²) in [5.74, 6) is -2.69. The van der Waals surface area contributed by atoms with Crippen molar-refractivity contribution in [2.45, 2.75) is 19.4 Å². The van der Waals surface area contributed by atoms with E-state index in [4.69, 9.17) is 10.8 Å². The van der Waals surface area contributed by atoms with Gasteiger partial charge in [0.1, 0.15) is 6.04 Å². The van der Waals surface area contributed by atoms with Crippen molar-refractivity contribution >= 4 is 29.4 Å². The van der Waals surface area contributed by atoms with Crippen molar-refractivity contribution in [2.75, 3.05) is 5.32 Å². The van der Waals surface area contributed by atoms with Crippen LogP contribution in [-0.2, 0) is 16.0 Å².